The molecule has 2 unspecified atom stereocenters. The minimum atomic E-state index is 0.687. The first kappa shape index (κ1) is 14.1. The molecule has 2 aliphatic heterocycles. The van der Waals surface area contributed by atoms with Gasteiger partial charge in [0.2, 0.25) is 0 Å². The molecule has 1 aromatic rings. The number of nitrogens with zero attached hydrogens (tertiary/aromatic N) is 3. The summed E-state index contributed by atoms with van der Waals surface area (Å²) in [7, 11) is 0. The highest BCUT2D eigenvalue weighted by Crippen LogP contribution is 2.29. The molecular formula is C17H29N3. The molecule has 2 atom stereocenters. The first-order chi connectivity index (χ1) is 9.65. The topological polar surface area (TPSA) is 21.1 Å². The molecule has 0 bridgehead atoms. The molecule has 3 nitrogen and oxygen atoms in total. The van der Waals surface area contributed by atoms with E-state index in [1.807, 2.05) is 0 Å². The first-order valence-corrected chi connectivity index (χ1v) is 8.43. The SMILES string of the molecule is CC1CCCn2c1cnc2CC1CCCN(C(C)C)C1. The minimum absolute atomic E-state index is 0.687. The number of rotatable bonds is 3. The Balaban J connectivity index is 1.69. The molecule has 3 heteroatoms. The van der Waals surface area contributed by atoms with Crippen molar-refractivity contribution in [3.8, 4) is 0 Å². The van der Waals surface area contributed by atoms with Crippen molar-refractivity contribution in [2.45, 2.75) is 71.4 Å². The van der Waals surface area contributed by atoms with E-state index in [9.17, 15) is 0 Å². The lowest BCUT2D eigenvalue weighted by Crippen LogP contribution is -2.40. The van der Waals surface area contributed by atoms with Gasteiger partial charge in [0, 0.05) is 37.4 Å². The van der Waals surface area contributed by atoms with Gasteiger partial charge in [0.25, 0.3) is 0 Å². The summed E-state index contributed by atoms with van der Waals surface area (Å²) >= 11 is 0. The lowest BCUT2D eigenvalue weighted by molar-refractivity contribution is 0.138. The van der Waals surface area contributed by atoms with E-state index in [-0.39, 0.29) is 0 Å². The van der Waals surface area contributed by atoms with Crippen molar-refractivity contribution >= 4 is 0 Å². The largest absolute Gasteiger partial charge is 0.332 e. The summed E-state index contributed by atoms with van der Waals surface area (Å²) < 4.78 is 2.52. The molecule has 3 heterocycles. The summed E-state index contributed by atoms with van der Waals surface area (Å²) in [5.41, 5.74) is 1.47. The van der Waals surface area contributed by atoms with Crippen LogP contribution in [0, 0.1) is 5.92 Å². The van der Waals surface area contributed by atoms with Crippen LogP contribution in [-0.4, -0.2) is 33.6 Å². The Kier molecular flexibility index (Phi) is 4.16. The second-order valence-electron chi connectivity index (χ2n) is 7.10. The smallest absolute Gasteiger partial charge is 0.109 e. The zero-order valence-electron chi connectivity index (χ0n) is 13.3. The van der Waals surface area contributed by atoms with Gasteiger partial charge in [-0.15, -0.1) is 0 Å². The van der Waals surface area contributed by atoms with E-state index >= 15 is 0 Å². The molecule has 0 aliphatic carbocycles. The van der Waals surface area contributed by atoms with Gasteiger partial charge >= 0.3 is 0 Å². The third-order valence-corrected chi connectivity index (χ3v) is 5.24. The fourth-order valence-corrected chi connectivity index (χ4v) is 3.94. The van der Waals surface area contributed by atoms with Crippen LogP contribution in [0.3, 0.4) is 0 Å². The number of likely N-dealkylation sites (tertiary alicyclic amines) is 1. The van der Waals surface area contributed by atoms with Gasteiger partial charge < -0.3 is 9.47 Å². The molecule has 20 heavy (non-hydrogen) atoms. The van der Waals surface area contributed by atoms with Gasteiger partial charge in [-0.25, -0.2) is 4.98 Å². The molecule has 1 fully saturated rings. The van der Waals surface area contributed by atoms with Crippen LogP contribution in [-0.2, 0) is 13.0 Å². The first-order valence-electron chi connectivity index (χ1n) is 8.43. The minimum Gasteiger partial charge on any atom is -0.332 e. The van der Waals surface area contributed by atoms with E-state index in [2.05, 4.69) is 36.4 Å². The second kappa shape index (κ2) is 5.88. The van der Waals surface area contributed by atoms with Gasteiger partial charge in [0.1, 0.15) is 5.82 Å². The molecule has 1 saturated heterocycles. The fourth-order valence-electron chi connectivity index (χ4n) is 3.94. The lowest BCUT2D eigenvalue weighted by atomic mass is 9.93. The fraction of sp³-hybridized carbons (Fsp3) is 0.824. The molecule has 0 radical (unpaired) electrons. The van der Waals surface area contributed by atoms with Crippen molar-refractivity contribution in [3.05, 3.63) is 17.7 Å². The van der Waals surface area contributed by atoms with Crippen LogP contribution in [0.15, 0.2) is 6.20 Å². The van der Waals surface area contributed by atoms with Crippen LogP contribution in [0.25, 0.3) is 0 Å². The van der Waals surface area contributed by atoms with E-state index in [0.717, 1.165) is 5.92 Å². The Labute approximate surface area is 123 Å². The van der Waals surface area contributed by atoms with Gasteiger partial charge in [0.05, 0.1) is 0 Å². The Morgan fingerprint density at radius 1 is 1.25 bits per heavy atom. The summed E-state index contributed by atoms with van der Waals surface area (Å²) in [5, 5.41) is 0. The van der Waals surface area contributed by atoms with Gasteiger partial charge in [-0.05, 0) is 57.9 Å². The highest BCUT2D eigenvalue weighted by atomic mass is 15.2. The highest BCUT2D eigenvalue weighted by Gasteiger charge is 2.25. The highest BCUT2D eigenvalue weighted by molar-refractivity contribution is 5.13. The quantitative estimate of drug-likeness (QED) is 0.842. The maximum Gasteiger partial charge on any atom is 0.109 e. The van der Waals surface area contributed by atoms with Crippen molar-refractivity contribution < 1.29 is 0 Å². The Morgan fingerprint density at radius 2 is 2.05 bits per heavy atom. The van der Waals surface area contributed by atoms with Crippen LogP contribution in [0.1, 0.15) is 63.9 Å². The number of fused-ring (bicyclic) bond motifs is 1. The van der Waals surface area contributed by atoms with E-state index in [4.69, 9.17) is 4.98 Å². The van der Waals surface area contributed by atoms with Gasteiger partial charge in [0.15, 0.2) is 0 Å². The van der Waals surface area contributed by atoms with Crippen LogP contribution < -0.4 is 0 Å². The van der Waals surface area contributed by atoms with E-state index in [1.165, 1.54) is 63.3 Å². The van der Waals surface area contributed by atoms with Crippen molar-refractivity contribution in [2.24, 2.45) is 5.92 Å². The molecule has 0 N–H and O–H groups in total. The lowest BCUT2D eigenvalue weighted by Gasteiger charge is -2.35. The molecule has 0 amide bonds. The molecule has 1 aromatic heterocycles. The van der Waals surface area contributed by atoms with Crippen LogP contribution in [0.5, 0.6) is 0 Å². The van der Waals surface area contributed by atoms with Gasteiger partial charge in [-0.1, -0.05) is 6.92 Å². The summed E-state index contributed by atoms with van der Waals surface area (Å²) in [6, 6.07) is 0.687. The van der Waals surface area contributed by atoms with Crippen LogP contribution in [0.2, 0.25) is 0 Å². The predicted octanol–water partition coefficient (Wildman–Crippen LogP) is 3.44. The number of piperidine rings is 1. The molecule has 112 valence electrons. The van der Waals surface area contributed by atoms with Gasteiger partial charge in [-0.2, -0.15) is 0 Å². The standard InChI is InChI=1S/C17H29N3/c1-13(2)19-8-5-7-15(12-19)10-17-18-11-16-14(3)6-4-9-20(16)17/h11,13-15H,4-10,12H2,1-3H3. The average Bonchev–Trinajstić information content (AvgIpc) is 2.84. The zero-order valence-corrected chi connectivity index (χ0v) is 13.3. The van der Waals surface area contributed by atoms with Crippen molar-refractivity contribution in [2.75, 3.05) is 13.1 Å². The molecular weight excluding hydrogens is 246 g/mol. The average molecular weight is 275 g/mol. The maximum absolute atomic E-state index is 4.76. The van der Waals surface area contributed by atoms with Crippen molar-refractivity contribution in [1.82, 2.24) is 14.5 Å². The van der Waals surface area contributed by atoms with E-state index in [1.54, 1.807) is 0 Å². The molecule has 0 aromatic carbocycles. The third kappa shape index (κ3) is 2.78. The van der Waals surface area contributed by atoms with E-state index in [0.29, 0.717) is 12.0 Å². The predicted molar refractivity (Wildman–Crippen MR) is 83.0 cm³/mol. The Hall–Kier alpha value is -0.830. The molecule has 0 saturated carbocycles. The summed E-state index contributed by atoms with van der Waals surface area (Å²) in [4.78, 5) is 7.39. The number of hydrogen-bond donors (Lipinski definition) is 0. The zero-order chi connectivity index (χ0) is 14.1. The molecule has 2 aliphatic rings. The monoisotopic (exact) mass is 275 g/mol. The summed E-state index contributed by atoms with van der Waals surface area (Å²) in [6.45, 7) is 10.7. The van der Waals surface area contributed by atoms with E-state index < -0.39 is 0 Å². The summed E-state index contributed by atoms with van der Waals surface area (Å²) in [6.07, 6.45) is 8.70. The summed E-state index contributed by atoms with van der Waals surface area (Å²) in [5.74, 6) is 2.85. The number of imidazole rings is 1. The Bertz CT molecular complexity index is 449. The number of hydrogen-bond acceptors (Lipinski definition) is 2. The van der Waals surface area contributed by atoms with Gasteiger partial charge in [-0.3, -0.25) is 0 Å². The third-order valence-electron chi connectivity index (χ3n) is 5.24. The molecule has 3 rings (SSSR count). The maximum atomic E-state index is 4.76. The number of aromatic nitrogens is 2. The Morgan fingerprint density at radius 3 is 2.85 bits per heavy atom. The van der Waals surface area contributed by atoms with Crippen LogP contribution >= 0.6 is 0 Å². The molecule has 0 spiro atoms. The van der Waals surface area contributed by atoms with Crippen molar-refractivity contribution in [3.63, 3.8) is 0 Å². The normalized spacial score (nSPS) is 27.8. The van der Waals surface area contributed by atoms with Crippen LogP contribution in [0.4, 0.5) is 0 Å². The second-order valence-corrected chi connectivity index (χ2v) is 7.10. The van der Waals surface area contributed by atoms with Crippen molar-refractivity contribution in [1.29, 1.82) is 0 Å².